The highest BCUT2D eigenvalue weighted by atomic mass is 16.5. The summed E-state index contributed by atoms with van der Waals surface area (Å²) in [4.78, 5) is 36.5. The van der Waals surface area contributed by atoms with Crippen molar-refractivity contribution in [1.29, 1.82) is 0 Å². The molecule has 0 amide bonds. The fourth-order valence-electron chi connectivity index (χ4n) is 4.55. The van der Waals surface area contributed by atoms with Gasteiger partial charge in [-0.1, -0.05) is 44.2 Å². The van der Waals surface area contributed by atoms with Gasteiger partial charge < -0.3 is 4.74 Å². The van der Waals surface area contributed by atoms with Crippen molar-refractivity contribution >= 4 is 17.5 Å². The van der Waals surface area contributed by atoms with Crippen molar-refractivity contribution in [1.82, 2.24) is 0 Å². The van der Waals surface area contributed by atoms with Gasteiger partial charge in [0, 0.05) is 22.1 Å². The van der Waals surface area contributed by atoms with Gasteiger partial charge in [0.05, 0.1) is 0 Å². The summed E-state index contributed by atoms with van der Waals surface area (Å²) in [6.45, 7) is 12.2. The lowest BCUT2D eigenvalue weighted by Crippen LogP contribution is -2.44. The molecular formula is C26H30O4. The molecule has 0 bridgehead atoms. The first-order valence-corrected chi connectivity index (χ1v) is 10.6. The molecule has 0 spiro atoms. The Morgan fingerprint density at radius 3 is 2.53 bits per heavy atom. The molecule has 30 heavy (non-hydrogen) atoms. The smallest absolute Gasteiger partial charge is 0.333 e. The second-order valence-corrected chi connectivity index (χ2v) is 8.92. The van der Waals surface area contributed by atoms with Gasteiger partial charge in [-0.05, 0) is 69.2 Å². The van der Waals surface area contributed by atoms with Crippen molar-refractivity contribution in [3.63, 3.8) is 0 Å². The van der Waals surface area contributed by atoms with Gasteiger partial charge in [0.1, 0.15) is 6.10 Å². The molecule has 0 heterocycles. The van der Waals surface area contributed by atoms with E-state index in [9.17, 15) is 14.4 Å². The van der Waals surface area contributed by atoms with Gasteiger partial charge in [-0.3, -0.25) is 9.59 Å². The lowest BCUT2D eigenvalue weighted by Gasteiger charge is -2.45. The summed E-state index contributed by atoms with van der Waals surface area (Å²) in [5.41, 5.74) is 3.55. The van der Waals surface area contributed by atoms with Crippen molar-refractivity contribution in [2.24, 2.45) is 11.3 Å². The number of hydrogen-bond acceptors (Lipinski definition) is 4. The monoisotopic (exact) mass is 406 g/mol. The third-order valence-electron chi connectivity index (χ3n) is 6.68. The Morgan fingerprint density at radius 2 is 1.87 bits per heavy atom. The van der Waals surface area contributed by atoms with E-state index in [1.807, 2.05) is 19.1 Å². The molecule has 2 aliphatic carbocycles. The Kier molecular flexibility index (Phi) is 6.25. The molecule has 0 aliphatic heterocycles. The molecule has 0 radical (unpaired) electrons. The Morgan fingerprint density at radius 1 is 1.20 bits per heavy atom. The van der Waals surface area contributed by atoms with Crippen molar-refractivity contribution in [2.75, 3.05) is 0 Å². The van der Waals surface area contributed by atoms with Crippen molar-refractivity contribution in [2.45, 2.75) is 59.5 Å². The summed E-state index contributed by atoms with van der Waals surface area (Å²) in [5.74, 6) is -0.310. The molecule has 1 aromatic rings. The molecule has 158 valence electrons. The zero-order valence-corrected chi connectivity index (χ0v) is 18.3. The van der Waals surface area contributed by atoms with Gasteiger partial charge in [-0.15, -0.1) is 0 Å². The van der Waals surface area contributed by atoms with Gasteiger partial charge in [0.15, 0.2) is 11.6 Å². The summed E-state index contributed by atoms with van der Waals surface area (Å²) < 4.78 is 5.85. The second-order valence-electron chi connectivity index (χ2n) is 8.92. The van der Waals surface area contributed by atoms with E-state index in [0.717, 1.165) is 31.2 Å². The van der Waals surface area contributed by atoms with Crippen LogP contribution in [0.5, 0.6) is 0 Å². The van der Waals surface area contributed by atoms with E-state index >= 15 is 0 Å². The molecule has 0 unspecified atom stereocenters. The van der Waals surface area contributed by atoms with Crippen LogP contribution in [-0.2, 0) is 16.0 Å². The summed E-state index contributed by atoms with van der Waals surface area (Å²) in [7, 11) is 0. The molecule has 0 N–H and O–H groups in total. The van der Waals surface area contributed by atoms with Crippen LogP contribution in [0, 0.1) is 11.3 Å². The van der Waals surface area contributed by atoms with Gasteiger partial charge in [-0.25, -0.2) is 4.79 Å². The lowest BCUT2D eigenvalue weighted by molar-refractivity contribution is -0.154. The number of benzene rings is 1. The van der Waals surface area contributed by atoms with Crippen LogP contribution in [0.25, 0.3) is 0 Å². The van der Waals surface area contributed by atoms with Gasteiger partial charge in [0.25, 0.3) is 0 Å². The summed E-state index contributed by atoms with van der Waals surface area (Å²) in [6, 6.07) is 5.51. The molecule has 1 saturated carbocycles. The zero-order valence-electron chi connectivity index (χ0n) is 18.3. The first-order valence-electron chi connectivity index (χ1n) is 10.6. The predicted octanol–water partition coefficient (Wildman–Crippen LogP) is 5.42. The Bertz CT molecular complexity index is 961. The van der Waals surface area contributed by atoms with Crippen molar-refractivity contribution in [3.8, 4) is 0 Å². The number of fused-ring (bicyclic) bond motifs is 1. The Balaban J connectivity index is 1.75. The number of ketones is 2. The van der Waals surface area contributed by atoms with Crippen LogP contribution in [0.1, 0.15) is 73.2 Å². The molecule has 1 aromatic carbocycles. The molecule has 0 saturated heterocycles. The summed E-state index contributed by atoms with van der Waals surface area (Å²) in [6.07, 6.45) is 7.51. The lowest BCUT2D eigenvalue weighted by atomic mass is 9.63. The quantitative estimate of drug-likeness (QED) is 0.372. The first kappa shape index (κ1) is 21.9. The summed E-state index contributed by atoms with van der Waals surface area (Å²) in [5, 5.41) is 0. The number of esters is 1. The Labute approximate surface area is 178 Å². The third-order valence-corrected chi connectivity index (χ3v) is 6.68. The number of carbonyl (C=O) groups excluding carboxylic acids is 3. The van der Waals surface area contributed by atoms with Crippen LogP contribution in [0.15, 0.2) is 54.2 Å². The average Bonchev–Trinajstić information content (AvgIpc) is 2.72. The van der Waals surface area contributed by atoms with Gasteiger partial charge in [0.2, 0.25) is 0 Å². The SMILES string of the molecule is C=C1CC[C@@H](OC(=O)C(C)=CC)C(C)(C)[C@H]1CCc1ccc2c(c1)C(=O)C=CC2=O. The van der Waals surface area contributed by atoms with Crippen molar-refractivity contribution < 1.29 is 19.1 Å². The largest absolute Gasteiger partial charge is 0.458 e. The Hall–Kier alpha value is -2.75. The van der Waals surface area contributed by atoms with E-state index in [4.69, 9.17) is 4.74 Å². The molecule has 2 atom stereocenters. The van der Waals surface area contributed by atoms with E-state index in [1.165, 1.54) is 17.7 Å². The van der Waals surface area contributed by atoms with Crippen molar-refractivity contribution in [3.05, 3.63) is 70.8 Å². The van der Waals surface area contributed by atoms with Crippen LogP contribution < -0.4 is 0 Å². The number of rotatable bonds is 5. The van der Waals surface area contributed by atoms with Gasteiger partial charge >= 0.3 is 5.97 Å². The van der Waals surface area contributed by atoms with E-state index in [-0.39, 0.29) is 35.0 Å². The number of carbonyl (C=O) groups is 3. The van der Waals surface area contributed by atoms with Crippen LogP contribution in [0.4, 0.5) is 0 Å². The fraction of sp³-hybridized carbons (Fsp3) is 0.423. The number of ether oxygens (including phenoxy) is 1. The highest BCUT2D eigenvalue weighted by Gasteiger charge is 2.44. The minimum absolute atomic E-state index is 0.125. The first-order chi connectivity index (χ1) is 14.1. The highest BCUT2D eigenvalue weighted by Crippen LogP contribution is 2.47. The normalized spacial score (nSPS) is 23.3. The number of hydrogen-bond donors (Lipinski definition) is 0. The van der Waals surface area contributed by atoms with Crippen LogP contribution in [0.2, 0.25) is 0 Å². The number of allylic oxidation sites excluding steroid dienone is 4. The minimum atomic E-state index is -0.257. The molecule has 3 rings (SSSR count). The highest BCUT2D eigenvalue weighted by molar-refractivity contribution is 6.22. The van der Waals surface area contributed by atoms with Crippen LogP contribution in [0.3, 0.4) is 0 Å². The molecule has 1 fully saturated rings. The van der Waals surface area contributed by atoms with E-state index < -0.39 is 0 Å². The maximum Gasteiger partial charge on any atom is 0.333 e. The maximum atomic E-state index is 12.3. The molecule has 4 nitrogen and oxygen atoms in total. The average molecular weight is 407 g/mol. The van der Waals surface area contributed by atoms with E-state index in [1.54, 1.807) is 19.1 Å². The maximum absolute atomic E-state index is 12.3. The zero-order chi connectivity index (χ0) is 22.1. The fourth-order valence-corrected chi connectivity index (χ4v) is 4.55. The summed E-state index contributed by atoms with van der Waals surface area (Å²) >= 11 is 0. The topological polar surface area (TPSA) is 60.4 Å². The minimum Gasteiger partial charge on any atom is -0.458 e. The predicted molar refractivity (Wildman–Crippen MR) is 118 cm³/mol. The molecule has 2 aliphatic rings. The second kappa shape index (κ2) is 8.55. The molecule has 0 aromatic heterocycles. The van der Waals surface area contributed by atoms with Gasteiger partial charge in [-0.2, -0.15) is 0 Å². The standard InChI is InChI=1S/C26H30O4/c1-6-16(2)25(29)30-24-14-7-17(3)21(26(24,4)5)11-9-18-8-10-19-20(15-18)23(28)13-12-22(19)27/h6,8,10,12-13,15,21,24H,3,7,9,11,14H2,1-2,4-5H3/t21-,24+/m0/s1. The third kappa shape index (κ3) is 4.23. The van der Waals surface area contributed by atoms with E-state index in [0.29, 0.717) is 16.7 Å². The number of aryl methyl sites for hydroxylation is 1. The van der Waals surface area contributed by atoms with Crippen LogP contribution >= 0.6 is 0 Å². The molecule has 4 heteroatoms. The van der Waals surface area contributed by atoms with Crippen LogP contribution in [-0.4, -0.2) is 23.6 Å². The van der Waals surface area contributed by atoms with E-state index in [2.05, 4.69) is 20.4 Å². The molecular weight excluding hydrogens is 376 g/mol.